The molecule has 1 atom stereocenters. The highest BCUT2D eigenvalue weighted by molar-refractivity contribution is 5.87. The molecule has 7 heteroatoms. The van der Waals surface area contributed by atoms with Gasteiger partial charge in [-0.3, -0.25) is 18.7 Å². The molecule has 2 aromatic rings. The summed E-state index contributed by atoms with van der Waals surface area (Å²) >= 11 is 0. The number of hydrogen-bond acceptors (Lipinski definition) is 3. The lowest BCUT2D eigenvalue weighted by Crippen LogP contribution is -2.46. The van der Waals surface area contributed by atoms with E-state index in [1.807, 2.05) is 38.1 Å². The van der Waals surface area contributed by atoms with Crippen LogP contribution >= 0.6 is 0 Å². The van der Waals surface area contributed by atoms with Gasteiger partial charge in [0, 0.05) is 27.1 Å². The van der Waals surface area contributed by atoms with Crippen molar-refractivity contribution in [2.24, 2.45) is 13.0 Å². The molecule has 0 aliphatic rings. The number of rotatable bonds is 7. The first kappa shape index (κ1) is 18.8. The number of likely N-dealkylation sites (N-methyl/N-ethyl adjacent to an activating group) is 1. The molecule has 1 aromatic carbocycles. The van der Waals surface area contributed by atoms with Gasteiger partial charge in [-0.1, -0.05) is 26.0 Å². The van der Waals surface area contributed by atoms with Crippen molar-refractivity contribution in [2.75, 3.05) is 7.05 Å². The van der Waals surface area contributed by atoms with Crippen LogP contribution in [0.1, 0.15) is 26.7 Å². The Bertz CT molecular complexity index is 819. The van der Waals surface area contributed by atoms with E-state index in [-0.39, 0.29) is 36.4 Å². The molecular formula is C18H26N4O3. The topological polar surface area (TPSA) is 85.1 Å². The fraction of sp³-hybridized carbons (Fsp3) is 0.500. The largest absolute Gasteiger partial charge is 0.357 e. The van der Waals surface area contributed by atoms with E-state index in [1.165, 1.54) is 0 Å². The molecule has 0 bridgehead atoms. The Kier molecular flexibility index (Phi) is 6.01. The fourth-order valence-electron chi connectivity index (χ4n) is 2.94. The van der Waals surface area contributed by atoms with Crippen LogP contribution in [-0.4, -0.2) is 34.0 Å². The number of benzene rings is 1. The molecule has 0 aliphatic carbocycles. The maximum absolute atomic E-state index is 12.4. The smallest absolute Gasteiger partial charge is 0.328 e. The van der Waals surface area contributed by atoms with E-state index in [4.69, 9.17) is 0 Å². The molecule has 136 valence electrons. The first-order valence-corrected chi connectivity index (χ1v) is 8.50. The third-order valence-electron chi connectivity index (χ3n) is 4.22. The van der Waals surface area contributed by atoms with Crippen molar-refractivity contribution in [1.82, 2.24) is 19.8 Å². The highest BCUT2D eigenvalue weighted by Gasteiger charge is 2.21. The van der Waals surface area contributed by atoms with E-state index in [9.17, 15) is 14.4 Å². The van der Waals surface area contributed by atoms with Crippen molar-refractivity contribution in [3.63, 3.8) is 0 Å². The maximum Gasteiger partial charge on any atom is 0.328 e. The molecule has 0 aliphatic heterocycles. The monoisotopic (exact) mass is 346 g/mol. The molecule has 25 heavy (non-hydrogen) atoms. The van der Waals surface area contributed by atoms with Crippen LogP contribution in [0.4, 0.5) is 0 Å². The standard InChI is InChI=1S/C18H26N4O3/c1-12(2)11-13(17(24)19-3)20-16(23)9-10-22-15-8-6-5-7-14(15)21(4)18(22)25/h5-8,12-13H,9-11H2,1-4H3,(H,19,24)(H,20,23)/t13-/m1/s1. The van der Waals surface area contributed by atoms with Crippen LogP contribution in [0, 0.1) is 5.92 Å². The summed E-state index contributed by atoms with van der Waals surface area (Å²) in [4.78, 5) is 36.5. The zero-order chi connectivity index (χ0) is 18.6. The van der Waals surface area contributed by atoms with E-state index < -0.39 is 6.04 Å². The Hall–Kier alpha value is -2.57. The van der Waals surface area contributed by atoms with Crippen LogP contribution < -0.4 is 16.3 Å². The predicted molar refractivity (Wildman–Crippen MR) is 97.2 cm³/mol. The number of amides is 2. The number of fused-ring (bicyclic) bond motifs is 1. The van der Waals surface area contributed by atoms with Gasteiger partial charge in [0.15, 0.2) is 0 Å². The number of carbonyl (C=O) groups excluding carboxylic acids is 2. The van der Waals surface area contributed by atoms with E-state index >= 15 is 0 Å². The van der Waals surface area contributed by atoms with Crippen molar-refractivity contribution in [3.05, 3.63) is 34.7 Å². The van der Waals surface area contributed by atoms with Crippen molar-refractivity contribution in [1.29, 1.82) is 0 Å². The number of aromatic nitrogens is 2. The van der Waals surface area contributed by atoms with E-state index in [2.05, 4.69) is 10.6 Å². The number of nitrogens with zero attached hydrogens (tertiary/aromatic N) is 2. The second-order valence-corrected chi connectivity index (χ2v) is 6.60. The summed E-state index contributed by atoms with van der Waals surface area (Å²) in [7, 11) is 3.27. The average molecular weight is 346 g/mol. The molecule has 1 heterocycles. The summed E-state index contributed by atoms with van der Waals surface area (Å²) in [5, 5.41) is 5.34. The highest BCUT2D eigenvalue weighted by Crippen LogP contribution is 2.12. The minimum Gasteiger partial charge on any atom is -0.357 e. The highest BCUT2D eigenvalue weighted by atomic mass is 16.2. The van der Waals surface area contributed by atoms with Crippen LogP contribution in [0.15, 0.2) is 29.1 Å². The molecule has 2 N–H and O–H groups in total. The Morgan fingerprint density at radius 2 is 1.80 bits per heavy atom. The number of aryl methyl sites for hydroxylation is 2. The van der Waals surface area contributed by atoms with E-state index in [0.29, 0.717) is 6.42 Å². The normalized spacial score (nSPS) is 12.4. The second-order valence-electron chi connectivity index (χ2n) is 6.60. The third kappa shape index (κ3) is 4.29. The molecule has 0 unspecified atom stereocenters. The number of carbonyl (C=O) groups is 2. The van der Waals surface area contributed by atoms with Crippen molar-refractivity contribution < 1.29 is 9.59 Å². The third-order valence-corrected chi connectivity index (χ3v) is 4.22. The van der Waals surface area contributed by atoms with Gasteiger partial charge in [-0.15, -0.1) is 0 Å². The number of nitrogens with one attached hydrogen (secondary N) is 2. The summed E-state index contributed by atoms with van der Waals surface area (Å²) in [6, 6.07) is 6.92. The van der Waals surface area contributed by atoms with Crippen LogP contribution in [0.25, 0.3) is 11.0 Å². The Morgan fingerprint density at radius 3 is 2.40 bits per heavy atom. The van der Waals surface area contributed by atoms with Crippen molar-refractivity contribution in [3.8, 4) is 0 Å². The maximum atomic E-state index is 12.4. The molecule has 2 amide bonds. The predicted octanol–water partition coefficient (Wildman–Crippen LogP) is 1.01. The molecular weight excluding hydrogens is 320 g/mol. The fourth-order valence-corrected chi connectivity index (χ4v) is 2.94. The molecule has 0 spiro atoms. The summed E-state index contributed by atoms with van der Waals surface area (Å²) in [6.07, 6.45) is 0.707. The minimum absolute atomic E-state index is 0.138. The first-order chi connectivity index (χ1) is 11.8. The van der Waals surface area contributed by atoms with Gasteiger partial charge in [0.1, 0.15) is 6.04 Å². The number of imidazole rings is 1. The second kappa shape index (κ2) is 8.00. The summed E-state index contributed by atoms with van der Waals surface area (Å²) < 4.78 is 3.16. The lowest BCUT2D eigenvalue weighted by Gasteiger charge is -2.19. The van der Waals surface area contributed by atoms with E-state index in [0.717, 1.165) is 11.0 Å². The zero-order valence-electron chi connectivity index (χ0n) is 15.2. The van der Waals surface area contributed by atoms with Gasteiger partial charge < -0.3 is 10.6 Å². The summed E-state index contributed by atoms with van der Waals surface area (Å²) in [5.74, 6) is -0.165. The van der Waals surface area contributed by atoms with Gasteiger partial charge in [-0.05, 0) is 24.5 Å². The van der Waals surface area contributed by atoms with Gasteiger partial charge in [0.25, 0.3) is 0 Å². The SMILES string of the molecule is CNC(=O)[C@@H](CC(C)C)NC(=O)CCn1c(=O)n(C)c2ccccc21. The molecule has 0 saturated heterocycles. The minimum atomic E-state index is -0.554. The molecule has 0 radical (unpaired) electrons. The Labute approximate surface area is 147 Å². The number of hydrogen-bond donors (Lipinski definition) is 2. The van der Waals surface area contributed by atoms with Gasteiger partial charge in [0.2, 0.25) is 11.8 Å². The summed E-state index contributed by atoms with van der Waals surface area (Å²) in [6.45, 7) is 4.27. The van der Waals surface area contributed by atoms with Crippen LogP contribution in [0.2, 0.25) is 0 Å². The first-order valence-electron chi connectivity index (χ1n) is 8.50. The Balaban J connectivity index is 2.08. The van der Waals surface area contributed by atoms with Gasteiger partial charge >= 0.3 is 5.69 Å². The molecule has 7 nitrogen and oxygen atoms in total. The Morgan fingerprint density at radius 1 is 1.16 bits per heavy atom. The zero-order valence-corrected chi connectivity index (χ0v) is 15.2. The van der Waals surface area contributed by atoms with Crippen molar-refractivity contribution in [2.45, 2.75) is 39.3 Å². The molecule has 0 fully saturated rings. The van der Waals surface area contributed by atoms with Gasteiger partial charge in [-0.2, -0.15) is 0 Å². The van der Waals surface area contributed by atoms with Crippen LogP contribution in [0.5, 0.6) is 0 Å². The quantitative estimate of drug-likeness (QED) is 0.784. The van der Waals surface area contributed by atoms with Gasteiger partial charge in [0.05, 0.1) is 11.0 Å². The van der Waals surface area contributed by atoms with Crippen LogP contribution in [-0.2, 0) is 23.2 Å². The van der Waals surface area contributed by atoms with Crippen molar-refractivity contribution >= 4 is 22.8 Å². The van der Waals surface area contributed by atoms with E-state index in [1.54, 1.807) is 23.2 Å². The molecule has 0 saturated carbocycles. The lowest BCUT2D eigenvalue weighted by atomic mass is 10.0. The molecule has 2 rings (SSSR count). The average Bonchev–Trinajstić information content (AvgIpc) is 2.83. The summed E-state index contributed by atoms with van der Waals surface area (Å²) in [5.41, 5.74) is 1.47. The number of para-hydroxylation sites is 2. The lowest BCUT2D eigenvalue weighted by molar-refractivity contribution is -0.129. The van der Waals surface area contributed by atoms with Crippen LogP contribution in [0.3, 0.4) is 0 Å². The molecule has 1 aromatic heterocycles. The van der Waals surface area contributed by atoms with Gasteiger partial charge in [-0.25, -0.2) is 4.79 Å².